The van der Waals surface area contributed by atoms with E-state index in [0.29, 0.717) is 17.5 Å². The minimum Gasteiger partial charge on any atom is -0.456 e. The van der Waals surface area contributed by atoms with Crippen molar-refractivity contribution in [2.75, 3.05) is 0 Å². The van der Waals surface area contributed by atoms with Crippen LogP contribution in [0.25, 0.3) is 112 Å². The highest BCUT2D eigenvalue weighted by Crippen LogP contribution is 2.52. The highest BCUT2D eigenvalue weighted by molar-refractivity contribution is 6.13. The molecule has 2 heterocycles. The van der Waals surface area contributed by atoms with Crippen LogP contribution in [0.5, 0.6) is 0 Å². The van der Waals surface area contributed by atoms with Gasteiger partial charge in [-0.05, 0) is 109 Å². The Balaban J connectivity index is 1.05. The molecule has 0 bridgehead atoms. The first-order valence-electron chi connectivity index (χ1n) is 21.8. The summed E-state index contributed by atoms with van der Waals surface area (Å²) in [6.07, 6.45) is 0. The molecule has 11 aromatic rings. The Labute approximate surface area is 372 Å². The molecule has 0 saturated carbocycles. The van der Waals surface area contributed by atoms with Crippen molar-refractivity contribution in [3.63, 3.8) is 0 Å². The summed E-state index contributed by atoms with van der Waals surface area (Å²) < 4.78 is 6.61. The molecule has 0 amide bonds. The van der Waals surface area contributed by atoms with E-state index in [1.807, 2.05) is 12.1 Å². The van der Waals surface area contributed by atoms with Crippen LogP contribution >= 0.6 is 0 Å². The van der Waals surface area contributed by atoms with E-state index >= 15 is 0 Å². The van der Waals surface area contributed by atoms with Crippen LogP contribution in [0.2, 0.25) is 0 Å². The average Bonchev–Trinajstić information content (AvgIpc) is 3.86. The van der Waals surface area contributed by atoms with Crippen LogP contribution in [0.1, 0.15) is 25.0 Å². The summed E-state index contributed by atoms with van der Waals surface area (Å²) in [5.41, 5.74) is 18.4. The Morgan fingerprint density at radius 3 is 1.52 bits per heavy atom. The maximum absolute atomic E-state index is 6.61. The molecule has 0 spiro atoms. The topological polar surface area (TPSA) is 51.8 Å². The van der Waals surface area contributed by atoms with Gasteiger partial charge in [-0.3, -0.25) is 0 Å². The number of aromatic nitrogens is 3. The molecule has 4 nitrogen and oxygen atoms in total. The van der Waals surface area contributed by atoms with E-state index in [9.17, 15) is 0 Å². The maximum Gasteiger partial charge on any atom is 0.164 e. The number of hydrogen-bond donors (Lipinski definition) is 0. The Bertz CT molecular complexity index is 3510. The monoisotopic (exact) mass is 819 g/mol. The van der Waals surface area contributed by atoms with Gasteiger partial charge >= 0.3 is 0 Å². The molecule has 302 valence electrons. The van der Waals surface area contributed by atoms with Crippen LogP contribution in [0.15, 0.2) is 217 Å². The van der Waals surface area contributed by atoms with E-state index in [-0.39, 0.29) is 5.41 Å². The summed E-state index contributed by atoms with van der Waals surface area (Å²) in [6, 6.07) is 74.9. The van der Waals surface area contributed by atoms with Gasteiger partial charge in [-0.1, -0.05) is 184 Å². The predicted molar refractivity (Wildman–Crippen MR) is 263 cm³/mol. The van der Waals surface area contributed by atoms with Crippen LogP contribution < -0.4 is 0 Å². The molecule has 2 aromatic heterocycles. The number of benzene rings is 9. The summed E-state index contributed by atoms with van der Waals surface area (Å²) >= 11 is 0. The van der Waals surface area contributed by atoms with Crippen molar-refractivity contribution >= 4 is 21.9 Å². The molecule has 0 radical (unpaired) electrons. The normalized spacial score (nSPS) is 12.7. The second kappa shape index (κ2) is 15.0. The zero-order valence-electron chi connectivity index (χ0n) is 35.5. The number of rotatable bonds is 7. The van der Waals surface area contributed by atoms with Crippen molar-refractivity contribution in [2.24, 2.45) is 0 Å². The summed E-state index contributed by atoms with van der Waals surface area (Å²) in [7, 11) is 0. The van der Waals surface area contributed by atoms with Gasteiger partial charge in [0.05, 0.1) is 0 Å². The zero-order chi connectivity index (χ0) is 42.8. The van der Waals surface area contributed by atoms with Gasteiger partial charge in [-0.15, -0.1) is 0 Å². The molecule has 9 aromatic carbocycles. The van der Waals surface area contributed by atoms with Gasteiger partial charge in [0.1, 0.15) is 11.2 Å². The maximum atomic E-state index is 6.61. The minimum absolute atomic E-state index is 0.163. The second-order valence-electron chi connectivity index (χ2n) is 17.2. The molecule has 1 aliphatic rings. The molecular weight excluding hydrogens is 779 g/mol. The van der Waals surface area contributed by atoms with Crippen LogP contribution in [-0.4, -0.2) is 15.0 Å². The van der Waals surface area contributed by atoms with E-state index in [1.54, 1.807) is 0 Å². The lowest BCUT2D eigenvalue weighted by Crippen LogP contribution is -2.16. The Hall–Kier alpha value is -8.21. The molecule has 0 unspecified atom stereocenters. The fraction of sp³-hybridized carbons (Fsp3) is 0.0500. The highest BCUT2D eigenvalue weighted by atomic mass is 16.3. The first-order chi connectivity index (χ1) is 31.5. The Morgan fingerprint density at radius 1 is 0.328 bits per heavy atom. The summed E-state index contributed by atoms with van der Waals surface area (Å²) in [6.45, 7) is 4.67. The molecule has 0 N–H and O–H groups in total. The van der Waals surface area contributed by atoms with Crippen molar-refractivity contribution in [3.8, 4) is 89.8 Å². The Kier molecular flexibility index (Phi) is 8.80. The second-order valence-corrected chi connectivity index (χ2v) is 17.2. The standard InChI is InChI=1S/C60H41N3O/c1-60(2)52-29-13-12-25-49(52)50-28-15-27-48(56(50)60)41-23-14-24-42(33-41)57-61-58(43-31-32-51-54(37-43)64-53-30-16-26-47(55(51)53)40-21-10-5-11-22-40)63-59(62-57)46-35-44(38-17-6-3-7-18-38)34-45(36-46)39-19-8-4-9-20-39/h3-37H,1-2H3. The van der Waals surface area contributed by atoms with Gasteiger partial charge in [0.15, 0.2) is 17.5 Å². The summed E-state index contributed by atoms with van der Waals surface area (Å²) in [5, 5.41) is 2.14. The van der Waals surface area contributed by atoms with E-state index < -0.39 is 0 Å². The van der Waals surface area contributed by atoms with E-state index in [0.717, 1.165) is 77.6 Å². The van der Waals surface area contributed by atoms with Crippen molar-refractivity contribution in [2.45, 2.75) is 19.3 Å². The number of fused-ring (bicyclic) bond motifs is 6. The summed E-state index contributed by atoms with van der Waals surface area (Å²) in [5.74, 6) is 1.76. The lowest BCUT2D eigenvalue weighted by molar-refractivity contribution is 0.662. The molecule has 1 aliphatic carbocycles. The highest BCUT2D eigenvalue weighted by Gasteiger charge is 2.37. The molecule has 12 rings (SSSR count). The smallest absolute Gasteiger partial charge is 0.164 e. The lowest BCUT2D eigenvalue weighted by atomic mass is 9.79. The van der Waals surface area contributed by atoms with Crippen LogP contribution in [0.3, 0.4) is 0 Å². The van der Waals surface area contributed by atoms with E-state index in [2.05, 4.69) is 214 Å². The van der Waals surface area contributed by atoms with Crippen LogP contribution in [-0.2, 0) is 5.41 Å². The third-order valence-corrected chi connectivity index (χ3v) is 12.9. The lowest BCUT2D eigenvalue weighted by Gasteiger charge is -2.24. The fourth-order valence-corrected chi connectivity index (χ4v) is 9.85. The fourth-order valence-electron chi connectivity index (χ4n) is 9.85. The molecule has 0 aliphatic heterocycles. The molecule has 0 saturated heterocycles. The SMILES string of the molecule is CC1(C)c2ccccc2-c2cccc(-c3cccc(-c4nc(-c5cc(-c6ccccc6)cc(-c6ccccc6)c5)nc(-c5ccc6c(c5)oc5cccc(-c7ccccc7)c56)n4)c3)c21. The third-order valence-electron chi connectivity index (χ3n) is 12.9. The Morgan fingerprint density at radius 2 is 0.812 bits per heavy atom. The number of nitrogens with zero attached hydrogens (tertiary/aromatic N) is 3. The first-order valence-corrected chi connectivity index (χ1v) is 21.8. The molecular formula is C60H41N3O. The number of furan rings is 1. The quantitative estimate of drug-likeness (QED) is 0.161. The van der Waals surface area contributed by atoms with Crippen molar-refractivity contribution < 1.29 is 4.42 Å². The number of hydrogen-bond acceptors (Lipinski definition) is 4. The molecule has 64 heavy (non-hydrogen) atoms. The van der Waals surface area contributed by atoms with Gasteiger partial charge in [-0.25, -0.2) is 15.0 Å². The van der Waals surface area contributed by atoms with E-state index in [1.165, 1.54) is 27.8 Å². The van der Waals surface area contributed by atoms with Crippen LogP contribution in [0.4, 0.5) is 0 Å². The third kappa shape index (κ3) is 6.34. The molecule has 0 atom stereocenters. The average molecular weight is 820 g/mol. The zero-order valence-corrected chi connectivity index (χ0v) is 35.5. The van der Waals surface area contributed by atoms with Gasteiger partial charge < -0.3 is 4.42 Å². The first kappa shape index (κ1) is 37.5. The molecule has 4 heteroatoms. The van der Waals surface area contributed by atoms with E-state index in [4.69, 9.17) is 19.4 Å². The largest absolute Gasteiger partial charge is 0.456 e. The predicted octanol–water partition coefficient (Wildman–Crippen LogP) is 15.7. The van der Waals surface area contributed by atoms with Crippen molar-refractivity contribution in [3.05, 3.63) is 223 Å². The van der Waals surface area contributed by atoms with Gasteiger partial charge in [0.2, 0.25) is 0 Å². The summed E-state index contributed by atoms with van der Waals surface area (Å²) in [4.78, 5) is 15.9. The molecule has 0 fully saturated rings. The van der Waals surface area contributed by atoms with Crippen molar-refractivity contribution in [1.82, 2.24) is 15.0 Å². The van der Waals surface area contributed by atoms with Crippen molar-refractivity contribution in [1.29, 1.82) is 0 Å². The van der Waals surface area contributed by atoms with Gasteiger partial charge in [0, 0.05) is 32.9 Å². The van der Waals surface area contributed by atoms with Crippen LogP contribution in [0, 0.1) is 0 Å². The van der Waals surface area contributed by atoms with Gasteiger partial charge in [-0.2, -0.15) is 0 Å². The van der Waals surface area contributed by atoms with Gasteiger partial charge in [0.25, 0.3) is 0 Å². The minimum atomic E-state index is -0.163.